The van der Waals surface area contributed by atoms with Crippen LogP contribution in [0.15, 0.2) is 36.7 Å². The fourth-order valence-corrected chi connectivity index (χ4v) is 2.75. The van der Waals surface area contributed by atoms with Gasteiger partial charge in [-0.2, -0.15) is 5.10 Å². The molecule has 0 bridgehead atoms. The number of aryl methyl sites for hydroxylation is 1. The van der Waals surface area contributed by atoms with E-state index in [0.717, 1.165) is 26.1 Å². The number of benzene rings is 1. The first-order valence-corrected chi connectivity index (χ1v) is 6.86. The quantitative estimate of drug-likeness (QED) is 0.911. The van der Waals surface area contributed by atoms with E-state index in [2.05, 4.69) is 47.4 Å². The van der Waals surface area contributed by atoms with Crippen LogP contribution < -0.4 is 10.6 Å². The molecule has 4 nitrogen and oxygen atoms in total. The van der Waals surface area contributed by atoms with Crippen LogP contribution in [0.2, 0.25) is 0 Å². The maximum atomic E-state index is 6.16. The zero-order valence-corrected chi connectivity index (χ0v) is 11.3. The van der Waals surface area contributed by atoms with Crippen LogP contribution in [0.5, 0.6) is 0 Å². The lowest BCUT2D eigenvalue weighted by molar-refractivity contribution is 0.598. The van der Waals surface area contributed by atoms with E-state index in [1.165, 1.54) is 16.8 Å². The Morgan fingerprint density at radius 3 is 3.00 bits per heavy atom. The molecule has 2 N–H and O–H groups in total. The fraction of sp³-hybridized carbons (Fsp3) is 0.400. The third-order valence-corrected chi connectivity index (χ3v) is 3.65. The van der Waals surface area contributed by atoms with Crippen molar-refractivity contribution in [3.63, 3.8) is 0 Å². The van der Waals surface area contributed by atoms with Crippen molar-refractivity contribution in [1.29, 1.82) is 0 Å². The van der Waals surface area contributed by atoms with Gasteiger partial charge >= 0.3 is 0 Å². The molecule has 0 radical (unpaired) electrons. The van der Waals surface area contributed by atoms with Gasteiger partial charge in [-0.15, -0.1) is 0 Å². The van der Waals surface area contributed by atoms with Gasteiger partial charge in [0.15, 0.2) is 0 Å². The fourth-order valence-electron chi connectivity index (χ4n) is 2.75. The normalized spacial score (nSPS) is 18.4. The second-order valence-electron chi connectivity index (χ2n) is 5.18. The van der Waals surface area contributed by atoms with Crippen molar-refractivity contribution < 1.29 is 0 Å². The first-order valence-electron chi connectivity index (χ1n) is 6.86. The SMILES string of the molecule is CCn1cc(CN2CC(N)Cc3ccccc32)cn1. The van der Waals surface area contributed by atoms with Crippen LogP contribution in [-0.4, -0.2) is 22.4 Å². The van der Waals surface area contributed by atoms with Gasteiger partial charge in [-0.25, -0.2) is 0 Å². The van der Waals surface area contributed by atoms with Crippen molar-refractivity contribution in [2.45, 2.75) is 32.5 Å². The average molecular weight is 256 g/mol. The number of nitrogens with zero attached hydrogens (tertiary/aromatic N) is 3. The zero-order chi connectivity index (χ0) is 13.2. The van der Waals surface area contributed by atoms with Crippen LogP contribution in [0.3, 0.4) is 0 Å². The van der Waals surface area contributed by atoms with Crippen molar-refractivity contribution in [2.24, 2.45) is 5.73 Å². The molecule has 2 heterocycles. The van der Waals surface area contributed by atoms with Crippen LogP contribution in [0.1, 0.15) is 18.1 Å². The molecule has 0 saturated carbocycles. The van der Waals surface area contributed by atoms with E-state index in [0.29, 0.717) is 0 Å². The highest BCUT2D eigenvalue weighted by molar-refractivity contribution is 5.56. The number of nitrogens with two attached hydrogens (primary N) is 1. The molecule has 1 unspecified atom stereocenters. The molecular weight excluding hydrogens is 236 g/mol. The minimum absolute atomic E-state index is 0.219. The van der Waals surface area contributed by atoms with Gasteiger partial charge in [0.1, 0.15) is 0 Å². The highest BCUT2D eigenvalue weighted by atomic mass is 15.3. The summed E-state index contributed by atoms with van der Waals surface area (Å²) in [7, 11) is 0. The molecule has 1 atom stereocenters. The molecular formula is C15H20N4. The molecule has 2 aromatic rings. The monoisotopic (exact) mass is 256 g/mol. The number of hydrogen-bond acceptors (Lipinski definition) is 3. The van der Waals surface area contributed by atoms with Crippen molar-refractivity contribution in [1.82, 2.24) is 9.78 Å². The Morgan fingerprint density at radius 2 is 2.21 bits per heavy atom. The summed E-state index contributed by atoms with van der Waals surface area (Å²) in [6.07, 6.45) is 5.04. The number of hydrogen-bond donors (Lipinski definition) is 1. The molecule has 0 saturated heterocycles. The maximum Gasteiger partial charge on any atom is 0.0539 e. The third-order valence-electron chi connectivity index (χ3n) is 3.65. The predicted molar refractivity (Wildman–Crippen MR) is 77.1 cm³/mol. The van der Waals surface area contributed by atoms with E-state index in [4.69, 9.17) is 5.73 Å². The summed E-state index contributed by atoms with van der Waals surface area (Å²) < 4.78 is 1.96. The molecule has 1 aromatic carbocycles. The van der Waals surface area contributed by atoms with Crippen LogP contribution in [0, 0.1) is 0 Å². The van der Waals surface area contributed by atoms with Gasteiger partial charge in [0.05, 0.1) is 6.20 Å². The van der Waals surface area contributed by atoms with E-state index in [1.54, 1.807) is 0 Å². The topological polar surface area (TPSA) is 47.1 Å². The number of aromatic nitrogens is 2. The first kappa shape index (κ1) is 12.2. The summed E-state index contributed by atoms with van der Waals surface area (Å²) in [4.78, 5) is 2.36. The van der Waals surface area contributed by atoms with Crippen LogP contribution in [-0.2, 0) is 19.5 Å². The van der Waals surface area contributed by atoms with Crippen molar-refractivity contribution in [2.75, 3.05) is 11.4 Å². The molecule has 1 aliphatic heterocycles. The highest BCUT2D eigenvalue weighted by Gasteiger charge is 2.21. The van der Waals surface area contributed by atoms with E-state index < -0.39 is 0 Å². The van der Waals surface area contributed by atoms with Gasteiger partial charge in [-0.05, 0) is 25.0 Å². The lowest BCUT2D eigenvalue weighted by atomic mass is 9.98. The van der Waals surface area contributed by atoms with Gasteiger partial charge in [0.2, 0.25) is 0 Å². The molecule has 0 fully saturated rings. The second kappa shape index (κ2) is 5.05. The molecule has 0 spiro atoms. The van der Waals surface area contributed by atoms with Crippen molar-refractivity contribution in [3.8, 4) is 0 Å². The number of fused-ring (bicyclic) bond motifs is 1. The molecule has 3 rings (SSSR count). The molecule has 1 aromatic heterocycles. The van der Waals surface area contributed by atoms with Crippen LogP contribution in [0.25, 0.3) is 0 Å². The lowest BCUT2D eigenvalue weighted by Gasteiger charge is -2.34. The number of rotatable bonds is 3. The summed E-state index contributed by atoms with van der Waals surface area (Å²) in [5.74, 6) is 0. The number of anilines is 1. The summed E-state index contributed by atoms with van der Waals surface area (Å²) in [5.41, 5.74) is 10.1. The Balaban J connectivity index is 1.84. The molecule has 1 aliphatic rings. The van der Waals surface area contributed by atoms with Crippen LogP contribution in [0.4, 0.5) is 5.69 Å². The molecule has 100 valence electrons. The smallest absolute Gasteiger partial charge is 0.0539 e. The van der Waals surface area contributed by atoms with Gasteiger partial charge in [-0.3, -0.25) is 4.68 Å². The van der Waals surface area contributed by atoms with E-state index in [1.807, 2.05) is 10.9 Å². The highest BCUT2D eigenvalue weighted by Crippen LogP contribution is 2.27. The zero-order valence-electron chi connectivity index (χ0n) is 11.3. The third kappa shape index (κ3) is 2.49. The van der Waals surface area contributed by atoms with E-state index >= 15 is 0 Å². The summed E-state index contributed by atoms with van der Waals surface area (Å²) in [6, 6.07) is 8.76. The summed E-state index contributed by atoms with van der Waals surface area (Å²) in [6.45, 7) is 4.80. The van der Waals surface area contributed by atoms with Crippen molar-refractivity contribution in [3.05, 3.63) is 47.8 Å². The van der Waals surface area contributed by atoms with Gasteiger partial charge in [-0.1, -0.05) is 18.2 Å². The molecule has 0 aliphatic carbocycles. The standard InChI is InChI=1S/C15H20N4/c1-2-19-10-12(8-17-19)9-18-11-14(16)7-13-5-3-4-6-15(13)18/h3-6,8,10,14H,2,7,9,11,16H2,1H3. The van der Waals surface area contributed by atoms with E-state index in [9.17, 15) is 0 Å². The number of para-hydroxylation sites is 1. The van der Waals surface area contributed by atoms with E-state index in [-0.39, 0.29) is 6.04 Å². The minimum Gasteiger partial charge on any atom is -0.365 e. The van der Waals surface area contributed by atoms with Gasteiger partial charge < -0.3 is 10.6 Å². The summed E-state index contributed by atoms with van der Waals surface area (Å²) >= 11 is 0. The summed E-state index contributed by atoms with van der Waals surface area (Å²) in [5, 5.41) is 4.33. The molecule has 0 amide bonds. The largest absolute Gasteiger partial charge is 0.365 e. The van der Waals surface area contributed by atoms with Gasteiger partial charge in [0, 0.05) is 43.1 Å². The van der Waals surface area contributed by atoms with Crippen molar-refractivity contribution >= 4 is 5.69 Å². The van der Waals surface area contributed by atoms with Crippen LogP contribution >= 0.6 is 0 Å². The Bertz CT molecular complexity index is 561. The Kier molecular flexibility index (Phi) is 3.25. The Morgan fingerprint density at radius 1 is 1.37 bits per heavy atom. The predicted octanol–water partition coefficient (Wildman–Crippen LogP) is 1.79. The Hall–Kier alpha value is -1.81. The minimum atomic E-state index is 0.219. The maximum absolute atomic E-state index is 6.16. The molecule has 4 heteroatoms. The molecule has 19 heavy (non-hydrogen) atoms. The second-order valence-corrected chi connectivity index (χ2v) is 5.18. The Labute approximate surface area is 113 Å². The average Bonchev–Trinajstić information content (AvgIpc) is 2.86. The van der Waals surface area contributed by atoms with Gasteiger partial charge in [0.25, 0.3) is 0 Å². The first-order chi connectivity index (χ1) is 9.26. The lowest BCUT2D eigenvalue weighted by Crippen LogP contribution is -2.42.